The molecule has 142 valence electrons. The number of fused-ring (bicyclic) bond motifs is 3. The number of carbonyl (C=O) groups is 2. The second kappa shape index (κ2) is 8.12. The molecule has 0 saturated carbocycles. The number of carbonyl (C=O) groups excluding carboxylic acids is 2. The van der Waals surface area contributed by atoms with Gasteiger partial charge in [0.05, 0.1) is 12.9 Å². The Morgan fingerprint density at radius 3 is 2.75 bits per heavy atom. The Kier molecular flexibility index (Phi) is 5.40. The van der Waals surface area contributed by atoms with Crippen molar-refractivity contribution in [3.63, 3.8) is 0 Å². The lowest BCUT2D eigenvalue weighted by molar-refractivity contribution is -0.113. The minimum Gasteiger partial charge on any atom is -0.465 e. The number of thiophene rings is 1. The van der Waals surface area contributed by atoms with Gasteiger partial charge in [0.25, 0.3) is 0 Å². The number of thioether (sulfide) groups is 1. The topological polar surface area (TPSA) is 81.2 Å². The van der Waals surface area contributed by atoms with Crippen LogP contribution in [0.2, 0.25) is 0 Å². The molecular weight excluding hydrogens is 394 g/mol. The zero-order valence-electron chi connectivity index (χ0n) is 15.1. The van der Waals surface area contributed by atoms with E-state index >= 15 is 0 Å². The predicted octanol–water partition coefficient (Wildman–Crippen LogP) is 3.82. The van der Waals surface area contributed by atoms with E-state index in [4.69, 9.17) is 4.74 Å². The number of hydrogen-bond acceptors (Lipinski definition) is 7. The summed E-state index contributed by atoms with van der Waals surface area (Å²) in [7, 11) is 1.36. The lowest BCUT2D eigenvalue weighted by Gasteiger charge is -2.17. The number of nitrogens with one attached hydrogen (secondary N) is 1. The lowest BCUT2D eigenvalue weighted by Crippen LogP contribution is -2.16. The standard InChI is InChI=1S/C20H17N3O3S2/c1-26-19(25)17-16-13-6-3-2-5-12(13)7-8-14(16)28-18(17)23-15(24)11-27-20-21-9-4-10-22-20/h2-6,9-10H,7-8,11H2,1H3,(H,23,24). The van der Waals surface area contributed by atoms with Crippen molar-refractivity contribution < 1.29 is 14.3 Å². The molecule has 8 heteroatoms. The van der Waals surface area contributed by atoms with E-state index in [1.165, 1.54) is 35.8 Å². The Morgan fingerprint density at radius 1 is 1.18 bits per heavy atom. The van der Waals surface area contributed by atoms with Gasteiger partial charge in [-0.15, -0.1) is 11.3 Å². The van der Waals surface area contributed by atoms with Crippen LogP contribution in [0.4, 0.5) is 5.00 Å². The van der Waals surface area contributed by atoms with E-state index in [1.54, 1.807) is 18.5 Å². The first-order valence-electron chi connectivity index (χ1n) is 8.69. The minimum absolute atomic E-state index is 0.157. The normalized spacial score (nSPS) is 12.0. The molecule has 0 saturated heterocycles. The van der Waals surface area contributed by atoms with Crippen LogP contribution in [-0.2, 0) is 22.4 Å². The summed E-state index contributed by atoms with van der Waals surface area (Å²) in [5.41, 5.74) is 3.55. The molecule has 1 aromatic carbocycles. The van der Waals surface area contributed by atoms with Crippen LogP contribution in [0.5, 0.6) is 0 Å². The van der Waals surface area contributed by atoms with Crippen LogP contribution in [0.15, 0.2) is 47.9 Å². The van der Waals surface area contributed by atoms with Gasteiger partial charge in [0.15, 0.2) is 5.16 Å². The third kappa shape index (κ3) is 3.65. The minimum atomic E-state index is -0.441. The monoisotopic (exact) mass is 411 g/mol. The van der Waals surface area contributed by atoms with E-state index in [1.807, 2.05) is 18.2 Å². The van der Waals surface area contributed by atoms with Crippen LogP contribution in [0.25, 0.3) is 11.1 Å². The third-order valence-corrected chi connectivity index (χ3v) is 6.45. The van der Waals surface area contributed by atoms with E-state index in [2.05, 4.69) is 21.4 Å². The molecule has 0 radical (unpaired) electrons. The summed E-state index contributed by atoms with van der Waals surface area (Å²) in [4.78, 5) is 34.3. The average Bonchev–Trinajstić information content (AvgIpc) is 3.10. The molecule has 0 atom stereocenters. The second-order valence-electron chi connectivity index (χ2n) is 6.12. The third-order valence-electron chi connectivity index (χ3n) is 4.41. The van der Waals surface area contributed by atoms with Gasteiger partial charge in [-0.05, 0) is 30.0 Å². The second-order valence-corrected chi connectivity index (χ2v) is 8.17. The van der Waals surface area contributed by atoms with Gasteiger partial charge in [-0.3, -0.25) is 4.79 Å². The van der Waals surface area contributed by atoms with Crippen molar-refractivity contribution in [3.8, 4) is 11.1 Å². The molecule has 3 aromatic rings. The molecular formula is C20H17N3O3S2. The van der Waals surface area contributed by atoms with E-state index in [9.17, 15) is 9.59 Å². The van der Waals surface area contributed by atoms with Gasteiger partial charge in [0.1, 0.15) is 10.6 Å². The maximum atomic E-state index is 12.5. The van der Waals surface area contributed by atoms with Crippen LogP contribution in [0.1, 0.15) is 20.8 Å². The van der Waals surface area contributed by atoms with Crippen molar-refractivity contribution in [3.05, 3.63) is 58.7 Å². The zero-order valence-corrected chi connectivity index (χ0v) is 16.7. The number of amides is 1. The van der Waals surface area contributed by atoms with Crippen molar-refractivity contribution in [2.75, 3.05) is 18.2 Å². The summed E-state index contributed by atoms with van der Waals surface area (Å²) < 4.78 is 5.02. The van der Waals surface area contributed by atoms with Gasteiger partial charge in [-0.25, -0.2) is 14.8 Å². The fourth-order valence-electron chi connectivity index (χ4n) is 3.21. The van der Waals surface area contributed by atoms with Crippen LogP contribution in [0, 0.1) is 0 Å². The fourth-order valence-corrected chi connectivity index (χ4v) is 5.03. The Bertz CT molecular complexity index is 1030. The molecule has 2 aromatic heterocycles. The molecule has 4 rings (SSSR count). The Balaban J connectivity index is 1.62. The summed E-state index contributed by atoms with van der Waals surface area (Å²) in [5, 5.41) is 3.95. The molecule has 1 amide bonds. The van der Waals surface area contributed by atoms with Gasteiger partial charge >= 0.3 is 5.97 Å². The number of anilines is 1. The molecule has 0 spiro atoms. The molecule has 0 aliphatic heterocycles. The van der Waals surface area contributed by atoms with Gasteiger partial charge in [-0.2, -0.15) is 0 Å². The molecule has 28 heavy (non-hydrogen) atoms. The molecule has 1 aliphatic carbocycles. The van der Waals surface area contributed by atoms with Crippen molar-refractivity contribution in [1.29, 1.82) is 0 Å². The molecule has 1 aliphatic rings. The van der Waals surface area contributed by atoms with E-state index in [0.717, 1.165) is 28.8 Å². The highest BCUT2D eigenvalue weighted by Gasteiger charge is 2.29. The highest BCUT2D eigenvalue weighted by molar-refractivity contribution is 7.99. The number of hydrogen-bond donors (Lipinski definition) is 1. The maximum Gasteiger partial charge on any atom is 0.341 e. The number of rotatable bonds is 5. The lowest BCUT2D eigenvalue weighted by atomic mass is 9.88. The molecule has 0 fully saturated rings. The summed E-state index contributed by atoms with van der Waals surface area (Å²) in [6, 6.07) is 9.77. The number of esters is 1. The van der Waals surface area contributed by atoms with Crippen LogP contribution in [-0.4, -0.2) is 34.7 Å². The van der Waals surface area contributed by atoms with Crippen LogP contribution < -0.4 is 5.32 Å². The highest BCUT2D eigenvalue weighted by Crippen LogP contribution is 2.45. The fraction of sp³-hybridized carbons (Fsp3) is 0.200. The quantitative estimate of drug-likeness (QED) is 0.390. The Hall–Kier alpha value is -2.71. The summed E-state index contributed by atoms with van der Waals surface area (Å²) in [6.07, 6.45) is 5.02. The number of methoxy groups -OCH3 is 1. The molecule has 1 N–H and O–H groups in total. The van der Waals surface area contributed by atoms with Gasteiger partial charge in [-0.1, -0.05) is 36.0 Å². The SMILES string of the molecule is COC(=O)c1c(NC(=O)CSc2ncccn2)sc2c1-c1ccccc1CC2. The first kappa shape index (κ1) is 18.6. The summed E-state index contributed by atoms with van der Waals surface area (Å²) >= 11 is 2.69. The molecule has 0 unspecified atom stereocenters. The van der Waals surface area contributed by atoms with Crippen molar-refractivity contribution in [2.24, 2.45) is 0 Å². The van der Waals surface area contributed by atoms with E-state index in [0.29, 0.717) is 15.7 Å². The number of aromatic nitrogens is 2. The van der Waals surface area contributed by atoms with Crippen LogP contribution >= 0.6 is 23.1 Å². The summed E-state index contributed by atoms with van der Waals surface area (Å²) in [6.45, 7) is 0. The predicted molar refractivity (Wildman–Crippen MR) is 110 cm³/mol. The smallest absolute Gasteiger partial charge is 0.341 e. The average molecular weight is 412 g/mol. The first-order valence-corrected chi connectivity index (χ1v) is 10.5. The van der Waals surface area contributed by atoms with Crippen molar-refractivity contribution >= 4 is 40.0 Å². The molecule has 0 bridgehead atoms. The van der Waals surface area contributed by atoms with Gasteiger partial charge in [0, 0.05) is 22.8 Å². The zero-order chi connectivity index (χ0) is 19.5. The van der Waals surface area contributed by atoms with E-state index < -0.39 is 5.97 Å². The number of ether oxygens (including phenoxy) is 1. The van der Waals surface area contributed by atoms with Crippen molar-refractivity contribution in [1.82, 2.24) is 9.97 Å². The van der Waals surface area contributed by atoms with Gasteiger partial charge in [0.2, 0.25) is 5.91 Å². The first-order chi connectivity index (χ1) is 13.7. The summed E-state index contributed by atoms with van der Waals surface area (Å²) in [5.74, 6) is -0.498. The van der Waals surface area contributed by atoms with Crippen molar-refractivity contribution in [2.45, 2.75) is 18.0 Å². The largest absolute Gasteiger partial charge is 0.465 e. The maximum absolute atomic E-state index is 12.5. The number of aryl methyl sites for hydroxylation is 2. The van der Waals surface area contributed by atoms with E-state index in [-0.39, 0.29) is 11.7 Å². The molecule has 6 nitrogen and oxygen atoms in total. The number of benzene rings is 1. The Morgan fingerprint density at radius 2 is 1.96 bits per heavy atom. The van der Waals surface area contributed by atoms with Gasteiger partial charge < -0.3 is 10.1 Å². The molecule has 2 heterocycles. The van der Waals surface area contributed by atoms with Crippen LogP contribution in [0.3, 0.4) is 0 Å². The number of nitrogens with zero attached hydrogens (tertiary/aromatic N) is 2. The highest BCUT2D eigenvalue weighted by atomic mass is 32.2. The Labute approximate surface area is 170 Å².